The van der Waals surface area contributed by atoms with Gasteiger partial charge in [0.05, 0.1) is 12.2 Å². The zero-order chi connectivity index (χ0) is 15.2. The molecule has 0 saturated carbocycles. The third kappa shape index (κ3) is 4.13. The van der Waals surface area contributed by atoms with E-state index in [-0.39, 0.29) is 13.2 Å². The van der Waals surface area contributed by atoms with Crippen LogP contribution in [0.5, 0.6) is 5.75 Å². The standard InChI is InChI=1S/C13H11F3O2.C2H6/c14-13(15,16)11-3-1-10-8-12(18-6-5-17)4-2-9(10)7-11;1-2/h1-4,7-8,17H,5-6H2;1-2H3. The molecule has 0 radical (unpaired) electrons. The molecule has 110 valence electrons. The monoisotopic (exact) mass is 286 g/mol. The second-order valence-corrected chi connectivity index (χ2v) is 3.79. The number of fused-ring (bicyclic) bond motifs is 1. The normalized spacial score (nSPS) is 10.9. The quantitative estimate of drug-likeness (QED) is 0.913. The zero-order valence-corrected chi connectivity index (χ0v) is 11.4. The van der Waals surface area contributed by atoms with E-state index in [0.29, 0.717) is 16.5 Å². The Morgan fingerprint density at radius 2 is 1.60 bits per heavy atom. The topological polar surface area (TPSA) is 29.5 Å². The zero-order valence-electron chi connectivity index (χ0n) is 11.4. The summed E-state index contributed by atoms with van der Waals surface area (Å²) in [6, 6.07) is 8.34. The summed E-state index contributed by atoms with van der Waals surface area (Å²) in [4.78, 5) is 0. The number of ether oxygens (including phenoxy) is 1. The number of rotatable bonds is 3. The van der Waals surface area contributed by atoms with Gasteiger partial charge in [0.25, 0.3) is 0 Å². The Bertz CT molecular complexity index is 550. The smallest absolute Gasteiger partial charge is 0.416 e. The van der Waals surface area contributed by atoms with Gasteiger partial charge in [0.1, 0.15) is 12.4 Å². The Morgan fingerprint density at radius 3 is 2.20 bits per heavy atom. The van der Waals surface area contributed by atoms with Crippen molar-refractivity contribution in [3.05, 3.63) is 42.0 Å². The van der Waals surface area contributed by atoms with Crippen molar-refractivity contribution in [3.8, 4) is 5.75 Å². The summed E-state index contributed by atoms with van der Waals surface area (Å²) in [5, 5.41) is 9.78. The van der Waals surface area contributed by atoms with Crippen LogP contribution in [0, 0.1) is 0 Å². The van der Waals surface area contributed by atoms with E-state index < -0.39 is 11.7 Å². The molecule has 0 heterocycles. The largest absolute Gasteiger partial charge is 0.491 e. The van der Waals surface area contributed by atoms with Gasteiger partial charge in [-0.2, -0.15) is 13.2 Å². The van der Waals surface area contributed by atoms with Gasteiger partial charge >= 0.3 is 6.18 Å². The minimum absolute atomic E-state index is 0.106. The molecule has 0 fully saturated rings. The fourth-order valence-corrected chi connectivity index (χ4v) is 1.65. The van der Waals surface area contributed by atoms with Gasteiger partial charge in [0.15, 0.2) is 0 Å². The maximum absolute atomic E-state index is 12.5. The average Bonchev–Trinajstić information content (AvgIpc) is 2.45. The lowest BCUT2D eigenvalue weighted by Gasteiger charge is -2.09. The minimum Gasteiger partial charge on any atom is -0.491 e. The van der Waals surface area contributed by atoms with Gasteiger partial charge in [-0.05, 0) is 35.0 Å². The molecule has 0 aliphatic carbocycles. The third-order valence-corrected chi connectivity index (χ3v) is 2.50. The number of aliphatic hydroxyl groups excluding tert-OH is 1. The first-order valence-electron chi connectivity index (χ1n) is 6.35. The highest BCUT2D eigenvalue weighted by molar-refractivity contribution is 5.84. The van der Waals surface area contributed by atoms with E-state index in [1.807, 2.05) is 13.8 Å². The van der Waals surface area contributed by atoms with E-state index in [2.05, 4.69) is 0 Å². The van der Waals surface area contributed by atoms with E-state index in [1.54, 1.807) is 18.2 Å². The van der Waals surface area contributed by atoms with Crippen molar-refractivity contribution >= 4 is 10.8 Å². The summed E-state index contributed by atoms with van der Waals surface area (Å²) < 4.78 is 42.7. The highest BCUT2D eigenvalue weighted by atomic mass is 19.4. The molecule has 20 heavy (non-hydrogen) atoms. The van der Waals surface area contributed by atoms with E-state index in [0.717, 1.165) is 12.1 Å². The van der Waals surface area contributed by atoms with E-state index in [1.165, 1.54) is 6.07 Å². The molecule has 0 atom stereocenters. The second kappa shape index (κ2) is 7.14. The Morgan fingerprint density at radius 1 is 1.00 bits per heavy atom. The van der Waals surface area contributed by atoms with Gasteiger partial charge in [0.2, 0.25) is 0 Å². The van der Waals surface area contributed by atoms with Crippen LogP contribution in [0.4, 0.5) is 13.2 Å². The minimum atomic E-state index is -4.33. The lowest BCUT2D eigenvalue weighted by atomic mass is 10.1. The molecule has 0 unspecified atom stereocenters. The molecule has 0 saturated heterocycles. The van der Waals surface area contributed by atoms with Crippen LogP contribution in [0.1, 0.15) is 19.4 Å². The van der Waals surface area contributed by atoms with Crippen molar-refractivity contribution in [2.75, 3.05) is 13.2 Å². The van der Waals surface area contributed by atoms with Crippen molar-refractivity contribution in [2.45, 2.75) is 20.0 Å². The van der Waals surface area contributed by atoms with E-state index in [4.69, 9.17) is 9.84 Å². The molecule has 2 aromatic carbocycles. The van der Waals surface area contributed by atoms with Gasteiger partial charge in [-0.15, -0.1) is 0 Å². The molecule has 0 spiro atoms. The maximum Gasteiger partial charge on any atom is 0.416 e. The summed E-state index contributed by atoms with van der Waals surface area (Å²) in [5.41, 5.74) is -0.668. The van der Waals surface area contributed by atoms with Crippen LogP contribution in [-0.4, -0.2) is 18.3 Å². The molecule has 5 heteroatoms. The van der Waals surface area contributed by atoms with Crippen molar-refractivity contribution in [3.63, 3.8) is 0 Å². The van der Waals surface area contributed by atoms with Gasteiger partial charge < -0.3 is 9.84 Å². The Hall–Kier alpha value is -1.75. The molecule has 2 nitrogen and oxygen atoms in total. The van der Waals surface area contributed by atoms with Crippen LogP contribution in [0.15, 0.2) is 36.4 Å². The summed E-state index contributed by atoms with van der Waals surface area (Å²) in [6.07, 6.45) is -4.33. The van der Waals surface area contributed by atoms with Gasteiger partial charge in [0, 0.05) is 0 Å². The van der Waals surface area contributed by atoms with Crippen LogP contribution in [0.2, 0.25) is 0 Å². The summed E-state index contributed by atoms with van der Waals surface area (Å²) in [5.74, 6) is 0.524. The fraction of sp³-hybridized carbons (Fsp3) is 0.333. The van der Waals surface area contributed by atoms with E-state index in [9.17, 15) is 13.2 Å². The Kier molecular flexibility index (Phi) is 5.82. The predicted octanol–water partition coefficient (Wildman–Crippen LogP) is 4.26. The summed E-state index contributed by atoms with van der Waals surface area (Å²) in [6.45, 7) is 4.05. The SMILES string of the molecule is CC.OCCOc1ccc2cc(C(F)(F)F)ccc2c1. The molecular weight excluding hydrogens is 269 g/mol. The van der Waals surface area contributed by atoms with Gasteiger partial charge in [-0.3, -0.25) is 0 Å². The van der Waals surface area contributed by atoms with Gasteiger partial charge in [-0.25, -0.2) is 0 Å². The highest BCUT2D eigenvalue weighted by Gasteiger charge is 2.30. The molecule has 0 bridgehead atoms. The summed E-state index contributed by atoms with van der Waals surface area (Å²) >= 11 is 0. The fourth-order valence-electron chi connectivity index (χ4n) is 1.65. The van der Waals surface area contributed by atoms with Crippen molar-refractivity contribution in [2.24, 2.45) is 0 Å². The molecule has 2 aromatic rings. The molecule has 2 rings (SSSR count). The number of halogens is 3. The number of aliphatic hydroxyl groups is 1. The van der Waals surface area contributed by atoms with Gasteiger partial charge in [-0.1, -0.05) is 26.0 Å². The molecular formula is C15H17F3O2. The van der Waals surface area contributed by atoms with Crippen molar-refractivity contribution in [1.29, 1.82) is 0 Å². The van der Waals surface area contributed by atoms with Crippen LogP contribution in [-0.2, 0) is 6.18 Å². The highest BCUT2D eigenvalue weighted by Crippen LogP contribution is 2.32. The number of alkyl halides is 3. The first-order chi connectivity index (χ1) is 9.50. The molecule has 0 amide bonds. The second-order valence-electron chi connectivity index (χ2n) is 3.79. The van der Waals surface area contributed by atoms with Crippen LogP contribution in [0.3, 0.4) is 0 Å². The molecule has 0 aromatic heterocycles. The Labute approximate surface area is 115 Å². The first-order valence-corrected chi connectivity index (χ1v) is 6.35. The predicted molar refractivity (Wildman–Crippen MR) is 72.9 cm³/mol. The molecule has 0 aliphatic heterocycles. The first kappa shape index (κ1) is 16.3. The lowest BCUT2D eigenvalue weighted by Crippen LogP contribution is -2.04. The summed E-state index contributed by atoms with van der Waals surface area (Å²) in [7, 11) is 0. The van der Waals surface area contributed by atoms with Crippen molar-refractivity contribution < 1.29 is 23.0 Å². The molecule has 0 aliphatic rings. The number of hydrogen-bond donors (Lipinski definition) is 1. The van der Waals surface area contributed by atoms with Crippen LogP contribution >= 0.6 is 0 Å². The van der Waals surface area contributed by atoms with Crippen molar-refractivity contribution in [1.82, 2.24) is 0 Å². The third-order valence-electron chi connectivity index (χ3n) is 2.50. The van der Waals surface area contributed by atoms with Crippen LogP contribution < -0.4 is 4.74 Å². The van der Waals surface area contributed by atoms with E-state index >= 15 is 0 Å². The maximum atomic E-state index is 12.5. The van der Waals surface area contributed by atoms with Crippen LogP contribution in [0.25, 0.3) is 10.8 Å². The number of benzene rings is 2. The molecule has 1 N–H and O–H groups in total. The lowest BCUT2D eigenvalue weighted by molar-refractivity contribution is -0.137. The Balaban J connectivity index is 0.000000956. The average molecular weight is 286 g/mol. The number of hydrogen-bond acceptors (Lipinski definition) is 2.